The zero-order valence-electron chi connectivity index (χ0n) is 16.3. The minimum atomic E-state index is -1.21. The van der Waals surface area contributed by atoms with Gasteiger partial charge in [0.05, 0.1) is 29.8 Å². The number of benzene rings is 1. The Balaban J connectivity index is 2.44. The SMILES string of the molecule is COc1nc2cc(OC(C)C)c(Cl)cc2cc1[C@H](C)N[S+]([O-])C(C)(C)C. The number of halogens is 1. The van der Waals surface area contributed by atoms with Crippen LogP contribution in [0.15, 0.2) is 18.2 Å². The third-order valence-corrected chi connectivity index (χ3v) is 5.70. The Kier molecular flexibility index (Phi) is 6.66. The number of nitrogens with zero attached hydrogens (tertiary/aromatic N) is 1. The van der Waals surface area contributed by atoms with E-state index >= 15 is 0 Å². The average Bonchev–Trinajstić information content (AvgIpc) is 2.53. The van der Waals surface area contributed by atoms with Crippen LogP contribution in [0, 0.1) is 0 Å². The first-order chi connectivity index (χ1) is 12.0. The highest BCUT2D eigenvalue weighted by atomic mass is 35.5. The van der Waals surface area contributed by atoms with E-state index in [1.54, 1.807) is 7.11 Å². The van der Waals surface area contributed by atoms with Gasteiger partial charge in [-0.15, -0.1) is 4.72 Å². The summed E-state index contributed by atoms with van der Waals surface area (Å²) in [6.07, 6.45) is 0.0164. The second-order valence-electron chi connectivity index (χ2n) is 7.45. The molecule has 0 aliphatic heterocycles. The molecule has 0 spiro atoms. The molecule has 144 valence electrons. The molecule has 1 aromatic carbocycles. The molecule has 2 atom stereocenters. The largest absolute Gasteiger partial charge is 0.598 e. The standard InChI is InChI=1S/C19H27ClN2O3S/c1-11(2)25-17-10-16-13(9-15(17)20)8-14(18(21-16)24-7)12(3)22-26(23)19(4,5)6/h8-12,22H,1-7H3/t12-,26?/m0/s1. The highest BCUT2D eigenvalue weighted by Crippen LogP contribution is 2.34. The van der Waals surface area contributed by atoms with E-state index in [1.165, 1.54) is 0 Å². The van der Waals surface area contributed by atoms with Crippen molar-refractivity contribution in [3.8, 4) is 11.6 Å². The Hall–Kier alpha value is -1.21. The number of aromatic nitrogens is 1. The number of nitrogens with one attached hydrogen (secondary N) is 1. The normalized spacial score (nSPS) is 14.5. The van der Waals surface area contributed by atoms with Gasteiger partial charge < -0.3 is 14.0 Å². The van der Waals surface area contributed by atoms with Gasteiger partial charge in [-0.3, -0.25) is 0 Å². The van der Waals surface area contributed by atoms with Gasteiger partial charge in [0.1, 0.15) is 10.5 Å². The number of methoxy groups -OCH3 is 1. The average molecular weight is 399 g/mol. The smallest absolute Gasteiger partial charge is 0.218 e. The number of hydrogen-bond donors (Lipinski definition) is 1. The molecule has 1 N–H and O–H groups in total. The van der Waals surface area contributed by atoms with E-state index in [1.807, 2.05) is 59.7 Å². The van der Waals surface area contributed by atoms with E-state index in [9.17, 15) is 4.55 Å². The molecule has 0 amide bonds. The highest BCUT2D eigenvalue weighted by Gasteiger charge is 2.29. The predicted octanol–water partition coefficient (Wildman–Crippen LogP) is 4.80. The van der Waals surface area contributed by atoms with Gasteiger partial charge in [-0.05, 0) is 53.7 Å². The number of fused-ring (bicyclic) bond motifs is 1. The van der Waals surface area contributed by atoms with Gasteiger partial charge >= 0.3 is 0 Å². The number of hydrogen-bond acceptors (Lipinski definition) is 5. The summed E-state index contributed by atoms with van der Waals surface area (Å²) in [4.78, 5) is 4.59. The van der Waals surface area contributed by atoms with Crippen molar-refractivity contribution >= 4 is 33.9 Å². The van der Waals surface area contributed by atoms with Crippen molar-refractivity contribution in [3.05, 3.63) is 28.8 Å². The summed E-state index contributed by atoms with van der Waals surface area (Å²) in [6.45, 7) is 11.6. The molecule has 1 unspecified atom stereocenters. The Labute approximate surface area is 163 Å². The molecule has 2 aromatic rings. The van der Waals surface area contributed by atoms with Gasteiger partial charge in [0.2, 0.25) is 5.88 Å². The van der Waals surface area contributed by atoms with E-state index in [4.69, 9.17) is 21.1 Å². The zero-order valence-corrected chi connectivity index (χ0v) is 17.9. The summed E-state index contributed by atoms with van der Waals surface area (Å²) in [5, 5.41) is 1.40. The van der Waals surface area contributed by atoms with Gasteiger partial charge in [-0.25, -0.2) is 4.98 Å². The zero-order chi connectivity index (χ0) is 19.6. The van der Waals surface area contributed by atoms with Crippen molar-refractivity contribution < 1.29 is 14.0 Å². The molecular weight excluding hydrogens is 372 g/mol. The first kappa shape index (κ1) is 21.1. The Morgan fingerprint density at radius 1 is 1.19 bits per heavy atom. The maximum Gasteiger partial charge on any atom is 0.218 e. The fourth-order valence-electron chi connectivity index (χ4n) is 2.39. The second-order valence-corrected chi connectivity index (χ2v) is 9.85. The first-order valence-corrected chi connectivity index (χ1v) is 10.1. The second kappa shape index (κ2) is 8.21. The lowest BCUT2D eigenvalue weighted by molar-refractivity contribution is 0.243. The van der Waals surface area contributed by atoms with Crippen LogP contribution in [0.3, 0.4) is 0 Å². The minimum absolute atomic E-state index is 0.0164. The molecule has 0 fully saturated rings. The lowest BCUT2D eigenvalue weighted by Gasteiger charge is -2.27. The molecular formula is C19H27ClN2O3S. The van der Waals surface area contributed by atoms with E-state index in [-0.39, 0.29) is 16.9 Å². The molecule has 0 saturated carbocycles. The van der Waals surface area contributed by atoms with Crippen LogP contribution in [0.2, 0.25) is 5.02 Å². The van der Waals surface area contributed by atoms with Crippen LogP contribution in [0.5, 0.6) is 11.6 Å². The number of pyridine rings is 1. The Bertz CT molecular complexity index is 777. The molecule has 0 aliphatic carbocycles. The summed E-state index contributed by atoms with van der Waals surface area (Å²) >= 11 is 5.14. The third-order valence-electron chi connectivity index (χ3n) is 3.72. The van der Waals surface area contributed by atoms with Crippen LogP contribution in [0.4, 0.5) is 0 Å². The predicted molar refractivity (Wildman–Crippen MR) is 109 cm³/mol. The summed E-state index contributed by atoms with van der Waals surface area (Å²) in [6, 6.07) is 5.41. The summed E-state index contributed by atoms with van der Waals surface area (Å²) in [5.41, 5.74) is 1.56. The number of rotatable bonds is 6. The topological polar surface area (TPSA) is 66.4 Å². The van der Waals surface area contributed by atoms with Crippen LogP contribution in [0.25, 0.3) is 10.9 Å². The Morgan fingerprint density at radius 3 is 2.38 bits per heavy atom. The van der Waals surface area contributed by atoms with Gasteiger partial charge in [-0.2, -0.15) is 0 Å². The van der Waals surface area contributed by atoms with Crippen molar-refractivity contribution in [1.82, 2.24) is 9.71 Å². The lowest BCUT2D eigenvalue weighted by Crippen LogP contribution is -2.40. The van der Waals surface area contributed by atoms with Crippen molar-refractivity contribution in [3.63, 3.8) is 0 Å². The fourth-order valence-corrected chi connectivity index (χ4v) is 3.41. The highest BCUT2D eigenvalue weighted by molar-refractivity contribution is 7.90. The Morgan fingerprint density at radius 2 is 1.85 bits per heavy atom. The van der Waals surface area contributed by atoms with Crippen LogP contribution in [-0.4, -0.2) is 27.5 Å². The molecule has 2 rings (SSSR count). The molecule has 1 aromatic heterocycles. The summed E-state index contributed by atoms with van der Waals surface area (Å²) < 4.78 is 26.4. The van der Waals surface area contributed by atoms with Crippen LogP contribution in [0.1, 0.15) is 53.1 Å². The lowest BCUT2D eigenvalue weighted by atomic mass is 10.1. The molecule has 0 radical (unpaired) electrons. The maximum atomic E-state index is 12.4. The molecule has 1 heterocycles. The van der Waals surface area contributed by atoms with Crippen molar-refractivity contribution in [1.29, 1.82) is 0 Å². The summed E-state index contributed by atoms with van der Waals surface area (Å²) in [7, 11) is 1.58. The van der Waals surface area contributed by atoms with E-state index in [0.717, 1.165) is 16.5 Å². The van der Waals surface area contributed by atoms with Crippen LogP contribution >= 0.6 is 11.6 Å². The molecule has 5 nitrogen and oxygen atoms in total. The van der Waals surface area contributed by atoms with E-state index in [2.05, 4.69) is 9.71 Å². The fraction of sp³-hybridized carbons (Fsp3) is 0.526. The van der Waals surface area contributed by atoms with Crippen LogP contribution in [-0.2, 0) is 11.4 Å². The van der Waals surface area contributed by atoms with Crippen molar-refractivity contribution in [2.45, 2.75) is 58.4 Å². The molecule has 0 saturated heterocycles. The van der Waals surface area contributed by atoms with Crippen molar-refractivity contribution in [2.24, 2.45) is 0 Å². The molecule has 7 heteroatoms. The van der Waals surface area contributed by atoms with Crippen LogP contribution < -0.4 is 14.2 Å². The van der Waals surface area contributed by atoms with Gasteiger partial charge in [-0.1, -0.05) is 11.6 Å². The maximum absolute atomic E-state index is 12.4. The van der Waals surface area contributed by atoms with Gasteiger partial charge in [0, 0.05) is 28.4 Å². The first-order valence-electron chi connectivity index (χ1n) is 8.55. The van der Waals surface area contributed by atoms with E-state index in [0.29, 0.717) is 16.7 Å². The monoisotopic (exact) mass is 398 g/mol. The van der Waals surface area contributed by atoms with Gasteiger partial charge in [0.15, 0.2) is 0 Å². The van der Waals surface area contributed by atoms with E-state index < -0.39 is 11.4 Å². The molecule has 0 bridgehead atoms. The third kappa shape index (κ3) is 4.94. The summed E-state index contributed by atoms with van der Waals surface area (Å²) in [5.74, 6) is 1.08. The molecule has 26 heavy (non-hydrogen) atoms. The van der Waals surface area contributed by atoms with Crippen molar-refractivity contribution in [2.75, 3.05) is 7.11 Å². The van der Waals surface area contributed by atoms with Gasteiger partial charge in [0.25, 0.3) is 0 Å². The minimum Gasteiger partial charge on any atom is -0.598 e. The molecule has 0 aliphatic rings. The quantitative estimate of drug-likeness (QED) is 0.708. The number of ether oxygens (including phenoxy) is 2.